The van der Waals surface area contributed by atoms with Crippen LogP contribution >= 0.6 is 0 Å². The van der Waals surface area contributed by atoms with E-state index in [9.17, 15) is 4.79 Å². The largest absolute Gasteiger partial charge is 0.394 e. The lowest BCUT2D eigenvalue weighted by Gasteiger charge is -2.24. The van der Waals surface area contributed by atoms with Crippen molar-refractivity contribution in [3.63, 3.8) is 0 Å². The van der Waals surface area contributed by atoms with Gasteiger partial charge in [0, 0.05) is 19.0 Å². The number of amides is 1. The predicted molar refractivity (Wildman–Crippen MR) is 56.5 cm³/mol. The van der Waals surface area contributed by atoms with Crippen molar-refractivity contribution in [3.8, 4) is 0 Å². The Balaban J connectivity index is 2.21. The van der Waals surface area contributed by atoms with Crippen LogP contribution in [0.1, 0.15) is 19.8 Å². The van der Waals surface area contributed by atoms with Crippen LogP contribution in [-0.4, -0.2) is 49.5 Å². The van der Waals surface area contributed by atoms with Gasteiger partial charge < -0.3 is 20.5 Å². The van der Waals surface area contributed by atoms with E-state index in [0.717, 1.165) is 13.0 Å². The van der Waals surface area contributed by atoms with Gasteiger partial charge in [0.2, 0.25) is 5.91 Å². The number of hydrogen-bond acceptors (Lipinski definition) is 4. The molecule has 1 aliphatic rings. The van der Waals surface area contributed by atoms with Crippen LogP contribution in [-0.2, 0) is 9.53 Å². The summed E-state index contributed by atoms with van der Waals surface area (Å²) < 4.78 is 5.25. The molecule has 1 unspecified atom stereocenters. The van der Waals surface area contributed by atoms with Crippen molar-refractivity contribution in [3.05, 3.63) is 0 Å². The van der Waals surface area contributed by atoms with Gasteiger partial charge in [-0.3, -0.25) is 4.79 Å². The Labute approximate surface area is 90.2 Å². The summed E-state index contributed by atoms with van der Waals surface area (Å²) in [6.07, 6.45) is 1.16. The quantitative estimate of drug-likeness (QED) is 0.565. The molecule has 1 fully saturated rings. The maximum atomic E-state index is 11.5. The summed E-state index contributed by atoms with van der Waals surface area (Å²) in [5.74, 6) is -0.0288. The average Bonchev–Trinajstić information content (AvgIpc) is 2.27. The third-order valence-corrected chi connectivity index (χ3v) is 2.51. The number of carbonyl (C=O) groups is 1. The Morgan fingerprint density at radius 2 is 2.53 bits per heavy atom. The van der Waals surface area contributed by atoms with Crippen LogP contribution in [0.3, 0.4) is 0 Å². The van der Waals surface area contributed by atoms with Crippen LogP contribution < -0.4 is 10.6 Å². The van der Waals surface area contributed by atoms with E-state index >= 15 is 0 Å². The van der Waals surface area contributed by atoms with Crippen molar-refractivity contribution in [2.24, 2.45) is 0 Å². The molecule has 88 valence electrons. The van der Waals surface area contributed by atoms with E-state index in [1.165, 1.54) is 0 Å². The van der Waals surface area contributed by atoms with Gasteiger partial charge >= 0.3 is 0 Å². The van der Waals surface area contributed by atoms with Gasteiger partial charge in [-0.05, 0) is 6.42 Å². The highest BCUT2D eigenvalue weighted by molar-refractivity contribution is 5.76. The fourth-order valence-electron chi connectivity index (χ4n) is 1.54. The van der Waals surface area contributed by atoms with Gasteiger partial charge in [-0.2, -0.15) is 0 Å². The number of morpholine rings is 1. The molecule has 15 heavy (non-hydrogen) atoms. The molecule has 0 saturated carbocycles. The van der Waals surface area contributed by atoms with Crippen molar-refractivity contribution < 1.29 is 14.6 Å². The first-order valence-corrected chi connectivity index (χ1v) is 5.47. The van der Waals surface area contributed by atoms with Gasteiger partial charge in [0.05, 0.1) is 25.9 Å². The van der Waals surface area contributed by atoms with E-state index in [0.29, 0.717) is 19.6 Å². The molecule has 5 nitrogen and oxygen atoms in total. The van der Waals surface area contributed by atoms with Crippen LogP contribution in [0.25, 0.3) is 0 Å². The number of carbonyl (C=O) groups excluding carboxylic acids is 1. The topological polar surface area (TPSA) is 70.6 Å². The van der Waals surface area contributed by atoms with E-state index in [4.69, 9.17) is 9.84 Å². The van der Waals surface area contributed by atoms with Crippen molar-refractivity contribution in [1.82, 2.24) is 10.6 Å². The number of ether oxygens (including phenoxy) is 1. The summed E-state index contributed by atoms with van der Waals surface area (Å²) in [6, 6.07) is -0.0167. The van der Waals surface area contributed by atoms with Crippen LogP contribution in [0.4, 0.5) is 0 Å². The second-order valence-electron chi connectivity index (χ2n) is 3.79. The highest BCUT2D eigenvalue weighted by Gasteiger charge is 2.18. The predicted octanol–water partition coefficient (Wildman–Crippen LogP) is -0.748. The van der Waals surface area contributed by atoms with Gasteiger partial charge in [0.15, 0.2) is 0 Å². The molecule has 0 spiro atoms. The molecule has 0 aromatic rings. The minimum absolute atomic E-state index is 0.00314. The zero-order chi connectivity index (χ0) is 11.1. The van der Waals surface area contributed by atoms with E-state index in [2.05, 4.69) is 10.6 Å². The molecule has 0 aromatic heterocycles. The second-order valence-corrected chi connectivity index (χ2v) is 3.79. The van der Waals surface area contributed by atoms with Crippen LogP contribution in [0, 0.1) is 0 Å². The van der Waals surface area contributed by atoms with E-state index in [-0.39, 0.29) is 24.6 Å². The Morgan fingerprint density at radius 1 is 1.73 bits per heavy atom. The third-order valence-electron chi connectivity index (χ3n) is 2.51. The Morgan fingerprint density at radius 3 is 3.07 bits per heavy atom. The number of rotatable bonds is 5. The normalized spacial score (nSPS) is 23.5. The molecular weight excluding hydrogens is 196 g/mol. The van der Waals surface area contributed by atoms with Crippen molar-refractivity contribution >= 4 is 5.91 Å². The van der Waals surface area contributed by atoms with Gasteiger partial charge in [-0.15, -0.1) is 0 Å². The number of aliphatic hydroxyl groups excluding tert-OH is 1. The highest BCUT2D eigenvalue weighted by atomic mass is 16.5. The van der Waals surface area contributed by atoms with Gasteiger partial charge in [0.25, 0.3) is 0 Å². The summed E-state index contributed by atoms with van der Waals surface area (Å²) >= 11 is 0. The molecule has 0 radical (unpaired) electrons. The number of aliphatic hydroxyl groups is 1. The molecule has 1 amide bonds. The molecule has 0 aromatic carbocycles. The lowest BCUT2D eigenvalue weighted by molar-refractivity contribution is -0.123. The number of hydrogen-bond donors (Lipinski definition) is 3. The molecular formula is C10H20N2O3. The van der Waals surface area contributed by atoms with Crippen molar-refractivity contribution in [1.29, 1.82) is 0 Å². The summed E-state index contributed by atoms with van der Waals surface area (Å²) in [6.45, 7) is 4.03. The minimum atomic E-state index is -0.123. The van der Waals surface area contributed by atoms with Gasteiger partial charge in [-0.25, -0.2) is 0 Å². The van der Waals surface area contributed by atoms with Crippen molar-refractivity contribution in [2.75, 3.05) is 26.4 Å². The maximum Gasteiger partial charge on any atom is 0.221 e. The van der Waals surface area contributed by atoms with Crippen LogP contribution in [0.2, 0.25) is 0 Å². The van der Waals surface area contributed by atoms with Crippen molar-refractivity contribution in [2.45, 2.75) is 31.8 Å². The van der Waals surface area contributed by atoms with Gasteiger partial charge in [0.1, 0.15) is 0 Å². The lowest BCUT2D eigenvalue weighted by Crippen LogP contribution is -2.46. The lowest BCUT2D eigenvalue weighted by atomic mass is 10.1. The Hall–Kier alpha value is -0.650. The fourth-order valence-corrected chi connectivity index (χ4v) is 1.54. The summed E-state index contributed by atoms with van der Waals surface area (Å²) in [5, 5.41) is 14.9. The molecule has 1 aliphatic heterocycles. The average molecular weight is 216 g/mol. The summed E-state index contributed by atoms with van der Waals surface area (Å²) in [5.41, 5.74) is 0. The molecule has 2 atom stereocenters. The summed E-state index contributed by atoms with van der Waals surface area (Å²) in [4.78, 5) is 11.5. The first kappa shape index (κ1) is 12.4. The van der Waals surface area contributed by atoms with E-state index in [1.807, 2.05) is 6.92 Å². The van der Waals surface area contributed by atoms with Crippen LogP contribution in [0.15, 0.2) is 0 Å². The minimum Gasteiger partial charge on any atom is -0.394 e. The first-order chi connectivity index (χ1) is 7.26. The van der Waals surface area contributed by atoms with E-state index in [1.54, 1.807) is 0 Å². The fraction of sp³-hybridized carbons (Fsp3) is 0.900. The summed E-state index contributed by atoms with van der Waals surface area (Å²) in [7, 11) is 0. The third kappa shape index (κ3) is 4.59. The molecule has 0 bridgehead atoms. The second kappa shape index (κ2) is 6.76. The maximum absolute atomic E-state index is 11.5. The number of nitrogens with one attached hydrogen (secondary N) is 2. The highest BCUT2D eigenvalue weighted by Crippen LogP contribution is 1.99. The SMILES string of the molecule is CC[C@H](CO)NC(=O)CC1COCCN1. The van der Waals surface area contributed by atoms with Gasteiger partial charge in [-0.1, -0.05) is 6.92 Å². The zero-order valence-electron chi connectivity index (χ0n) is 9.16. The molecule has 1 heterocycles. The first-order valence-electron chi connectivity index (χ1n) is 5.47. The Bertz CT molecular complexity index is 189. The molecule has 0 aliphatic carbocycles. The molecule has 3 N–H and O–H groups in total. The monoisotopic (exact) mass is 216 g/mol. The standard InChI is InChI=1S/C10H20N2O3/c1-2-8(6-13)12-10(14)5-9-7-15-4-3-11-9/h8-9,11,13H,2-7H2,1H3,(H,12,14)/t8-,9?/m1/s1. The van der Waals surface area contributed by atoms with E-state index < -0.39 is 0 Å². The Kier molecular flexibility index (Phi) is 5.60. The smallest absolute Gasteiger partial charge is 0.221 e. The van der Waals surface area contributed by atoms with Crippen LogP contribution in [0.5, 0.6) is 0 Å². The molecule has 5 heteroatoms. The molecule has 1 rings (SSSR count). The molecule has 1 saturated heterocycles. The zero-order valence-corrected chi connectivity index (χ0v) is 9.16.